The third-order valence-corrected chi connectivity index (χ3v) is 4.48. The van der Waals surface area contributed by atoms with Crippen molar-refractivity contribution in [2.24, 2.45) is 5.16 Å². The van der Waals surface area contributed by atoms with E-state index in [-0.39, 0.29) is 24.5 Å². The van der Waals surface area contributed by atoms with Gasteiger partial charge in [0, 0.05) is 18.7 Å². The molecule has 0 spiro atoms. The van der Waals surface area contributed by atoms with Crippen LogP contribution in [0.4, 0.5) is 10.1 Å². The Morgan fingerprint density at radius 1 is 1.43 bits per heavy atom. The molecular formula is C21H27FN6O2. The summed E-state index contributed by atoms with van der Waals surface area (Å²) in [7, 11) is 1.72. The Morgan fingerprint density at radius 3 is 2.80 bits per heavy atom. The summed E-state index contributed by atoms with van der Waals surface area (Å²) in [6.07, 6.45) is 3.72. The normalized spacial score (nSPS) is 12.8. The molecule has 2 rings (SSSR count). The molecule has 0 aliphatic heterocycles. The quantitative estimate of drug-likeness (QED) is 0.230. The number of allylic oxidation sites excluding steroid dienone is 1. The van der Waals surface area contributed by atoms with E-state index in [1.807, 2.05) is 19.1 Å². The monoisotopic (exact) mass is 414 g/mol. The average molecular weight is 414 g/mol. The van der Waals surface area contributed by atoms with E-state index in [4.69, 9.17) is 20.8 Å². The largest absolute Gasteiger partial charge is 0.393 e. The van der Waals surface area contributed by atoms with Gasteiger partial charge in [0.1, 0.15) is 35.2 Å². The molecule has 160 valence electrons. The first-order chi connectivity index (χ1) is 14.3. The van der Waals surface area contributed by atoms with Crippen LogP contribution in [0.3, 0.4) is 0 Å². The van der Waals surface area contributed by atoms with Gasteiger partial charge in [-0.3, -0.25) is 10.8 Å². The molecule has 8 nitrogen and oxygen atoms in total. The summed E-state index contributed by atoms with van der Waals surface area (Å²) in [4.78, 5) is 4.95. The van der Waals surface area contributed by atoms with Crippen LogP contribution in [0.5, 0.6) is 0 Å². The molecule has 1 heterocycles. The van der Waals surface area contributed by atoms with Crippen LogP contribution >= 0.6 is 0 Å². The third-order valence-electron chi connectivity index (χ3n) is 4.48. The first-order valence-corrected chi connectivity index (χ1v) is 9.49. The van der Waals surface area contributed by atoms with Crippen molar-refractivity contribution in [3.05, 3.63) is 58.5 Å². The molecule has 2 aromatic rings. The maximum absolute atomic E-state index is 14.8. The third kappa shape index (κ3) is 5.18. The number of aliphatic hydroxyl groups is 1. The number of rotatable bonds is 8. The number of nitrogens with zero attached hydrogens (tertiary/aromatic N) is 3. The fraction of sp³-hybridized carbons (Fsp3) is 0.333. The van der Waals surface area contributed by atoms with Crippen molar-refractivity contribution in [3.8, 4) is 0 Å². The van der Waals surface area contributed by atoms with Crippen LogP contribution in [0.1, 0.15) is 43.5 Å². The molecule has 1 atom stereocenters. The average Bonchev–Trinajstić information content (AvgIpc) is 2.74. The number of aliphatic hydroxyl groups excluding tert-OH is 1. The number of benzene rings is 1. The SMILES string of the molecule is C/C=C\c1cc(C(C)C(=N)n2nc(/C(C)=N/OCCO)ccc2=N)c(F)cc1NC. The summed E-state index contributed by atoms with van der Waals surface area (Å²) in [6, 6.07) is 6.18. The molecule has 0 saturated carbocycles. The Hall–Kier alpha value is -3.33. The molecule has 0 aliphatic carbocycles. The summed E-state index contributed by atoms with van der Waals surface area (Å²) in [5, 5.41) is 36.6. The van der Waals surface area contributed by atoms with Gasteiger partial charge < -0.3 is 15.3 Å². The van der Waals surface area contributed by atoms with Crippen LogP contribution in [0, 0.1) is 16.6 Å². The molecule has 9 heteroatoms. The van der Waals surface area contributed by atoms with E-state index in [2.05, 4.69) is 15.6 Å². The Kier molecular flexibility index (Phi) is 7.99. The van der Waals surface area contributed by atoms with Gasteiger partial charge in [0.05, 0.1) is 6.61 Å². The van der Waals surface area contributed by atoms with E-state index in [0.717, 1.165) is 10.2 Å². The van der Waals surface area contributed by atoms with E-state index in [1.54, 1.807) is 33.0 Å². The Balaban J connectivity index is 2.43. The maximum atomic E-state index is 14.8. The van der Waals surface area contributed by atoms with Crippen LogP contribution in [-0.2, 0) is 4.84 Å². The maximum Gasteiger partial charge on any atom is 0.148 e. The number of hydrogen-bond donors (Lipinski definition) is 4. The van der Waals surface area contributed by atoms with Gasteiger partial charge in [0.25, 0.3) is 0 Å². The van der Waals surface area contributed by atoms with Crippen molar-refractivity contribution in [2.45, 2.75) is 26.7 Å². The summed E-state index contributed by atoms with van der Waals surface area (Å²) in [5.74, 6) is -1.14. The van der Waals surface area contributed by atoms with E-state index in [1.165, 1.54) is 12.1 Å². The number of nitrogens with one attached hydrogen (secondary N) is 3. The smallest absolute Gasteiger partial charge is 0.148 e. The van der Waals surface area contributed by atoms with Gasteiger partial charge in [0.15, 0.2) is 0 Å². The molecular weight excluding hydrogens is 387 g/mol. The van der Waals surface area contributed by atoms with Gasteiger partial charge in [-0.1, -0.05) is 24.2 Å². The molecule has 0 amide bonds. The highest BCUT2D eigenvalue weighted by Crippen LogP contribution is 2.27. The standard InChI is InChI=1S/C21H27FN6O2/c1-5-6-15-11-16(17(22)12-19(15)25-4)13(2)21(24)28-20(23)8-7-18(26-28)14(3)27-30-10-9-29/h5-8,11-13,23-25,29H,9-10H2,1-4H3/b6-5-,23-20?,24-21?,27-14+. The van der Waals surface area contributed by atoms with Crippen LogP contribution in [0.2, 0.25) is 0 Å². The molecule has 1 unspecified atom stereocenters. The van der Waals surface area contributed by atoms with Gasteiger partial charge in [0.2, 0.25) is 0 Å². The summed E-state index contributed by atoms with van der Waals surface area (Å²) >= 11 is 0. The summed E-state index contributed by atoms with van der Waals surface area (Å²) < 4.78 is 15.9. The molecule has 0 aliphatic rings. The number of oxime groups is 1. The highest BCUT2D eigenvalue weighted by molar-refractivity contribution is 5.97. The number of hydrogen-bond acceptors (Lipinski definition) is 7. The van der Waals surface area contributed by atoms with Crippen molar-refractivity contribution in [3.63, 3.8) is 0 Å². The van der Waals surface area contributed by atoms with Gasteiger partial charge in [-0.2, -0.15) is 5.10 Å². The number of halogens is 1. The highest BCUT2D eigenvalue weighted by atomic mass is 19.1. The number of aromatic nitrogens is 2. The second-order valence-corrected chi connectivity index (χ2v) is 6.57. The van der Waals surface area contributed by atoms with Gasteiger partial charge in [-0.05, 0) is 49.2 Å². The molecule has 0 saturated heterocycles. The van der Waals surface area contributed by atoms with Gasteiger partial charge in [-0.15, -0.1) is 0 Å². The van der Waals surface area contributed by atoms with Gasteiger partial charge in [-0.25, -0.2) is 9.07 Å². The molecule has 4 N–H and O–H groups in total. The van der Waals surface area contributed by atoms with Gasteiger partial charge >= 0.3 is 0 Å². The van der Waals surface area contributed by atoms with E-state index >= 15 is 0 Å². The Labute approximate surface area is 174 Å². The summed E-state index contributed by atoms with van der Waals surface area (Å²) in [6.45, 7) is 5.13. The lowest BCUT2D eigenvalue weighted by Crippen LogP contribution is -2.33. The second kappa shape index (κ2) is 10.4. The highest BCUT2D eigenvalue weighted by Gasteiger charge is 2.20. The lowest BCUT2D eigenvalue weighted by atomic mass is 9.96. The van der Waals surface area contributed by atoms with Crippen LogP contribution in [0.15, 0.2) is 35.5 Å². The van der Waals surface area contributed by atoms with E-state index < -0.39 is 11.7 Å². The lowest BCUT2D eigenvalue weighted by molar-refractivity contribution is 0.0986. The minimum atomic E-state index is -0.653. The predicted molar refractivity (Wildman–Crippen MR) is 116 cm³/mol. The van der Waals surface area contributed by atoms with Crippen molar-refractivity contribution in [2.75, 3.05) is 25.6 Å². The minimum Gasteiger partial charge on any atom is -0.393 e. The first-order valence-electron chi connectivity index (χ1n) is 9.49. The molecule has 1 aromatic heterocycles. The minimum absolute atomic E-state index is 0.0133. The molecule has 0 radical (unpaired) electrons. The Morgan fingerprint density at radius 2 is 2.17 bits per heavy atom. The fourth-order valence-electron chi connectivity index (χ4n) is 2.83. The number of anilines is 1. The van der Waals surface area contributed by atoms with Crippen LogP contribution in [-0.4, -0.2) is 46.7 Å². The lowest BCUT2D eigenvalue weighted by Gasteiger charge is -2.18. The van der Waals surface area contributed by atoms with Crippen molar-refractivity contribution in [1.82, 2.24) is 9.78 Å². The second-order valence-electron chi connectivity index (χ2n) is 6.57. The van der Waals surface area contributed by atoms with E-state index in [9.17, 15) is 4.39 Å². The van der Waals surface area contributed by atoms with Crippen molar-refractivity contribution in [1.29, 1.82) is 10.8 Å². The van der Waals surface area contributed by atoms with Crippen LogP contribution in [0.25, 0.3) is 6.08 Å². The zero-order valence-corrected chi connectivity index (χ0v) is 17.5. The molecule has 0 fully saturated rings. The van der Waals surface area contributed by atoms with Crippen LogP contribution < -0.4 is 10.8 Å². The van der Waals surface area contributed by atoms with E-state index in [0.29, 0.717) is 22.7 Å². The molecule has 0 bridgehead atoms. The zero-order chi connectivity index (χ0) is 22.3. The predicted octanol–water partition coefficient (Wildman–Crippen LogP) is 2.94. The first kappa shape index (κ1) is 23.0. The topological polar surface area (TPSA) is 119 Å². The zero-order valence-electron chi connectivity index (χ0n) is 17.5. The fourth-order valence-corrected chi connectivity index (χ4v) is 2.83. The molecule has 1 aromatic carbocycles. The van der Waals surface area contributed by atoms with Crippen molar-refractivity contribution >= 4 is 23.3 Å². The molecule has 30 heavy (non-hydrogen) atoms. The Bertz CT molecular complexity index is 1030. The summed E-state index contributed by atoms with van der Waals surface area (Å²) in [5.41, 5.74) is 2.61. The van der Waals surface area contributed by atoms with Crippen molar-refractivity contribution < 1.29 is 14.3 Å².